The van der Waals surface area contributed by atoms with E-state index < -0.39 is 16.7 Å². The Morgan fingerprint density at radius 3 is 2.19 bits per heavy atom. The number of para-hydroxylation sites is 1. The number of imide groups is 1. The zero-order valence-electron chi connectivity index (χ0n) is 17.7. The lowest BCUT2D eigenvalue weighted by Gasteiger charge is -2.12. The van der Waals surface area contributed by atoms with E-state index in [1.54, 1.807) is 36.9 Å². The van der Waals surface area contributed by atoms with Crippen LogP contribution in [0.5, 0.6) is 0 Å². The van der Waals surface area contributed by atoms with Crippen LogP contribution in [0.2, 0.25) is 0 Å². The van der Waals surface area contributed by atoms with E-state index in [1.807, 2.05) is 61.5 Å². The molecule has 0 spiro atoms. The molecule has 2 amide bonds. The molecule has 3 aromatic rings. The van der Waals surface area contributed by atoms with Crippen molar-refractivity contribution in [1.82, 2.24) is 9.36 Å². The van der Waals surface area contributed by atoms with Crippen LogP contribution in [0.4, 0.5) is 16.2 Å². The second kappa shape index (κ2) is 7.96. The first-order valence-corrected chi connectivity index (χ1v) is 10.5. The van der Waals surface area contributed by atoms with Gasteiger partial charge in [-0.05, 0) is 54.6 Å². The van der Waals surface area contributed by atoms with Crippen LogP contribution in [0, 0.1) is 6.92 Å². The predicted octanol–water partition coefficient (Wildman–Crippen LogP) is 3.79. The van der Waals surface area contributed by atoms with Crippen LogP contribution in [0.3, 0.4) is 0 Å². The van der Waals surface area contributed by atoms with Gasteiger partial charge in [0.2, 0.25) is 0 Å². The summed E-state index contributed by atoms with van der Waals surface area (Å²) in [6.45, 7) is 1.73. The summed E-state index contributed by atoms with van der Waals surface area (Å²) in [6, 6.07) is 16.8. The molecule has 0 unspecified atom stereocenters. The number of anilines is 2. The van der Waals surface area contributed by atoms with E-state index in [1.165, 1.54) is 4.68 Å². The maximum absolute atomic E-state index is 13.2. The van der Waals surface area contributed by atoms with E-state index >= 15 is 0 Å². The van der Waals surface area contributed by atoms with Crippen LogP contribution < -0.4 is 15.4 Å². The summed E-state index contributed by atoms with van der Waals surface area (Å²) < 4.78 is 3.11. The van der Waals surface area contributed by atoms with Gasteiger partial charge in [0.1, 0.15) is 5.69 Å². The average Bonchev–Trinajstić information content (AvgIpc) is 3.14. The third-order valence-corrected chi connectivity index (χ3v) is 6.12. The smallest absolute Gasteiger partial charge is 0.298 e. The normalized spacial score (nSPS) is 15.2. The average molecular weight is 435 g/mol. The Labute approximate surface area is 184 Å². The Kier molecular flexibility index (Phi) is 5.32. The number of carbonyl (C=O) groups excluding carboxylic acids is 2. The number of hydrogen-bond acceptors (Lipinski definition) is 5. The first kappa shape index (κ1) is 20.7. The van der Waals surface area contributed by atoms with Crippen LogP contribution in [-0.2, 0) is 11.8 Å². The van der Waals surface area contributed by atoms with Crippen LogP contribution in [0.1, 0.15) is 11.3 Å². The maximum Gasteiger partial charge on any atom is 0.298 e. The molecule has 0 aliphatic carbocycles. The minimum atomic E-state index is -0.488. The fourth-order valence-electron chi connectivity index (χ4n) is 3.49. The number of thioether (sulfide) groups is 1. The standard InChI is InChI=1S/C23H22N4O3S/c1-15-20(22(29)27(25(15)4)18-8-6-5-7-9-18)26-21(28)19(31-23(26)30)14-16-10-12-17(13-11-16)24(2)3/h5-14H,1-4H3/b19-14-. The summed E-state index contributed by atoms with van der Waals surface area (Å²) in [4.78, 5) is 42.3. The topological polar surface area (TPSA) is 67.6 Å². The lowest BCUT2D eigenvalue weighted by atomic mass is 10.2. The highest BCUT2D eigenvalue weighted by Crippen LogP contribution is 2.36. The lowest BCUT2D eigenvalue weighted by Crippen LogP contribution is -2.33. The van der Waals surface area contributed by atoms with Crippen molar-refractivity contribution in [2.75, 3.05) is 23.9 Å². The second-order valence-electron chi connectivity index (χ2n) is 7.41. The zero-order valence-corrected chi connectivity index (χ0v) is 18.5. The summed E-state index contributed by atoms with van der Waals surface area (Å²) in [7, 11) is 5.63. The molecule has 1 aliphatic heterocycles. The maximum atomic E-state index is 13.2. The fraction of sp³-hybridized carbons (Fsp3) is 0.174. The molecule has 0 saturated carbocycles. The quantitative estimate of drug-likeness (QED) is 0.585. The second-order valence-corrected chi connectivity index (χ2v) is 8.41. The molecule has 1 fully saturated rings. The largest absolute Gasteiger partial charge is 0.378 e. The minimum Gasteiger partial charge on any atom is -0.378 e. The van der Waals surface area contributed by atoms with E-state index in [2.05, 4.69) is 0 Å². The molecule has 0 radical (unpaired) electrons. The van der Waals surface area contributed by atoms with Crippen LogP contribution in [0.25, 0.3) is 11.8 Å². The van der Waals surface area contributed by atoms with E-state index in [0.29, 0.717) is 11.4 Å². The highest BCUT2D eigenvalue weighted by atomic mass is 32.2. The first-order chi connectivity index (χ1) is 14.8. The molecular formula is C23H22N4O3S. The van der Waals surface area contributed by atoms with Gasteiger partial charge in [0.05, 0.1) is 16.3 Å². The number of benzene rings is 2. The van der Waals surface area contributed by atoms with Crippen molar-refractivity contribution in [2.45, 2.75) is 6.92 Å². The van der Waals surface area contributed by atoms with Crippen molar-refractivity contribution >= 4 is 40.4 Å². The molecule has 8 heteroatoms. The van der Waals surface area contributed by atoms with Crippen molar-refractivity contribution in [1.29, 1.82) is 0 Å². The van der Waals surface area contributed by atoms with Crippen molar-refractivity contribution in [3.8, 4) is 5.69 Å². The Balaban J connectivity index is 1.73. The summed E-state index contributed by atoms with van der Waals surface area (Å²) >= 11 is 0.841. The van der Waals surface area contributed by atoms with E-state index in [9.17, 15) is 14.4 Å². The predicted molar refractivity (Wildman–Crippen MR) is 125 cm³/mol. The molecular weight excluding hydrogens is 412 g/mol. The molecule has 4 rings (SSSR count). The third kappa shape index (κ3) is 3.59. The number of amides is 2. The SMILES string of the molecule is Cc1c(N2C(=O)S/C(=C\c3ccc(N(C)C)cc3)C2=O)c(=O)n(-c2ccccc2)n1C. The van der Waals surface area contributed by atoms with Gasteiger partial charge in [0.25, 0.3) is 16.7 Å². The molecule has 0 bridgehead atoms. The van der Waals surface area contributed by atoms with Crippen LogP contribution in [-0.4, -0.2) is 34.6 Å². The molecule has 31 heavy (non-hydrogen) atoms. The molecule has 0 N–H and O–H groups in total. The number of carbonyl (C=O) groups is 2. The minimum absolute atomic E-state index is 0.0835. The van der Waals surface area contributed by atoms with E-state index in [4.69, 9.17) is 0 Å². The van der Waals surface area contributed by atoms with Gasteiger partial charge in [-0.1, -0.05) is 30.3 Å². The van der Waals surface area contributed by atoms with E-state index in [-0.39, 0.29) is 10.6 Å². The van der Waals surface area contributed by atoms with Gasteiger partial charge in [0.15, 0.2) is 0 Å². The van der Waals surface area contributed by atoms with Gasteiger partial charge in [-0.25, -0.2) is 9.58 Å². The zero-order chi connectivity index (χ0) is 22.3. The molecule has 158 valence electrons. The molecule has 1 saturated heterocycles. The summed E-state index contributed by atoms with van der Waals surface area (Å²) in [6.07, 6.45) is 1.68. The molecule has 1 aromatic heterocycles. The monoisotopic (exact) mass is 434 g/mol. The highest BCUT2D eigenvalue weighted by Gasteiger charge is 2.40. The number of rotatable bonds is 4. The Hall–Kier alpha value is -3.52. The Morgan fingerprint density at radius 1 is 0.935 bits per heavy atom. The number of aromatic nitrogens is 2. The van der Waals surface area contributed by atoms with Gasteiger partial charge < -0.3 is 4.90 Å². The van der Waals surface area contributed by atoms with Crippen LogP contribution in [0.15, 0.2) is 64.3 Å². The molecule has 1 aliphatic rings. The van der Waals surface area contributed by atoms with Crippen molar-refractivity contribution < 1.29 is 9.59 Å². The third-order valence-electron chi connectivity index (χ3n) is 5.25. The van der Waals surface area contributed by atoms with E-state index in [0.717, 1.165) is 27.9 Å². The number of hydrogen-bond donors (Lipinski definition) is 0. The van der Waals surface area contributed by atoms with Gasteiger partial charge >= 0.3 is 0 Å². The Morgan fingerprint density at radius 2 is 1.58 bits per heavy atom. The van der Waals surface area contributed by atoms with Gasteiger partial charge in [0, 0.05) is 26.8 Å². The Bertz CT molecular complexity index is 1250. The number of nitrogens with zero attached hydrogens (tertiary/aromatic N) is 4. The van der Waals surface area contributed by atoms with Crippen molar-refractivity contribution in [3.05, 3.63) is 81.1 Å². The molecule has 2 aromatic carbocycles. The summed E-state index contributed by atoms with van der Waals surface area (Å²) in [5.74, 6) is -0.488. The van der Waals surface area contributed by atoms with Crippen LogP contribution >= 0.6 is 11.8 Å². The highest BCUT2D eigenvalue weighted by molar-refractivity contribution is 8.19. The van der Waals surface area contributed by atoms with Crippen molar-refractivity contribution in [2.24, 2.45) is 7.05 Å². The molecule has 2 heterocycles. The first-order valence-electron chi connectivity index (χ1n) is 9.69. The van der Waals surface area contributed by atoms with Gasteiger partial charge in [-0.2, -0.15) is 0 Å². The van der Waals surface area contributed by atoms with Gasteiger partial charge in [-0.3, -0.25) is 19.1 Å². The molecule has 0 atom stereocenters. The molecule has 7 nitrogen and oxygen atoms in total. The summed E-state index contributed by atoms with van der Waals surface area (Å²) in [5, 5.41) is -0.479. The van der Waals surface area contributed by atoms with Crippen molar-refractivity contribution in [3.63, 3.8) is 0 Å². The lowest BCUT2D eigenvalue weighted by molar-refractivity contribution is -0.113. The summed E-state index contributed by atoms with van der Waals surface area (Å²) in [5.41, 5.74) is 2.71. The fourth-order valence-corrected chi connectivity index (χ4v) is 4.32. The van der Waals surface area contributed by atoms with Gasteiger partial charge in [-0.15, -0.1) is 0 Å².